The summed E-state index contributed by atoms with van der Waals surface area (Å²) < 4.78 is 58.7. The van der Waals surface area contributed by atoms with Crippen LogP contribution >= 0.6 is 11.6 Å². The third kappa shape index (κ3) is 7.43. The van der Waals surface area contributed by atoms with E-state index in [4.69, 9.17) is 26.1 Å². The van der Waals surface area contributed by atoms with Gasteiger partial charge in [0, 0.05) is 52.9 Å². The van der Waals surface area contributed by atoms with Gasteiger partial charge in [-0.3, -0.25) is 15.6 Å². The van der Waals surface area contributed by atoms with Crippen LogP contribution in [0.15, 0.2) is 66.7 Å². The van der Waals surface area contributed by atoms with Gasteiger partial charge in [0.15, 0.2) is 0 Å². The number of pyridine rings is 1. The lowest BCUT2D eigenvalue weighted by Gasteiger charge is -2.34. The van der Waals surface area contributed by atoms with Crippen molar-refractivity contribution < 1.29 is 32.5 Å². The zero-order valence-corrected chi connectivity index (χ0v) is 30.3. The predicted octanol–water partition coefficient (Wildman–Crippen LogP) is 6.65. The number of carbonyl (C=O) groups excluding carboxylic acids is 1. The Morgan fingerprint density at radius 1 is 1.04 bits per heavy atom. The van der Waals surface area contributed by atoms with E-state index in [2.05, 4.69) is 21.2 Å². The summed E-state index contributed by atoms with van der Waals surface area (Å²) in [5.74, 6) is -0.888. The SMILES string of the molecule is CC1NNC2C(F)CC(C(=O)Nc3ccc4c(c3)nc(Cc3cc(F)c(-c5cccc(OCc6ccc(Cl)cc6F)n5)cc3CO)n4C[C@@H]3CCO3)CC12. The van der Waals surface area contributed by atoms with E-state index in [1.54, 1.807) is 36.4 Å². The molecule has 3 aromatic carbocycles. The fourth-order valence-corrected chi connectivity index (χ4v) is 7.92. The number of carbonyl (C=O) groups is 1. The number of ether oxygens (including phenoxy) is 2. The summed E-state index contributed by atoms with van der Waals surface area (Å²) in [6, 6.07) is 17.4. The van der Waals surface area contributed by atoms with Gasteiger partial charge in [0.1, 0.15) is 30.2 Å². The number of hydrogen-bond donors (Lipinski definition) is 4. The van der Waals surface area contributed by atoms with E-state index in [-0.39, 0.29) is 78.2 Å². The molecule has 54 heavy (non-hydrogen) atoms. The number of anilines is 1. The molecule has 4 N–H and O–H groups in total. The maximum Gasteiger partial charge on any atom is 0.227 e. The summed E-state index contributed by atoms with van der Waals surface area (Å²) in [6.07, 6.45) is 0.722. The van der Waals surface area contributed by atoms with Gasteiger partial charge in [-0.15, -0.1) is 0 Å². The molecule has 1 amide bonds. The zero-order valence-electron chi connectivity index (χ0n) is 29.5. The van der Waals surface area contributed by atoms with Crippen molar-refractivity contribution in [3.8, 4) is 17.1 Å². The molecule has 10 nitrogen and oxygen atoms in total. The van der Waals surface area contributed by atoms with Crippen molar-refractivity contribution in [2.24, 2.45) is 11.8 Å². The molecule has 0 radical (unpaired) electrons. The number of hydrogen-bond acceptors (Lipinski definition) is 8. The van der Waals surface area contributed by atoms with E-state index < -0.39 is 23.7 Å². The second-order valence-corrected chi connectivity index (χ2v) is 14.8. The number of benzene rings is 3. The number of fused-ring (bicyclic) bond motifs is 2. The van der Waals surface area contributed by atoms with Crippen LogP contribution in [0.4, 0.5) is 18.9 Å². The minimum absolute atomic E-state index is 0.000518. The molecule has 3 aliphatic rings. The lowest BCUT2D eigenvalue weighted by atomic mass is 9.75. The van der Waals surface area contributed by atoms with Crippen LogP contribution in [0.3, 0.4) is 0 Å². The fourth-order valence-electron chi connectivity index (χ4n) is 7.77. The van der Waals surface area contributed by atoms with Crippen LogP contribution in [0.2, 0.25) is 5.02 Å². The molecule has 2 aliphatic heterocycles. The van der Waals surface area contributed by atoms with Crippen molar-refractivity contribution in [1.82, 2.24) is 25.4 Å². The first-order valence-electron chi connectivity index (χ1n) is 18.2. The van der Waals surface area contributed by atoms with Gasteiger partial charge in [-0.25, -0.2) is 23.1 Å². The second-order valence-electron chi connectivity index (χ2n) is 14.4. The van der Waals surface area contributed by atoms with E-state index in [9.17, 15) is 18.7 Å². The van der Waals surface area contributed by atoms with Gasteiger partial charge >= 0.3 is 0 Å². The fraction of sp³-hybridized carbons (Fsp3) is 0.375. The lowest BCUT2D eigenvalue weighted by molar-refractivity contribution is -0.122. The van der Waals surface area contributed by atoms with Crippen LogP contribution in [-0.2, 0) is 35.7 Å². The summed E-state index contributed by atoms with van der Waals surface area (Å²) in [6.45, 7) is 2.75. The summed E-state index contributed by atoms with van der Waals surface area (Å²) in [5.41, 5.74) is 9.95. The van der Waals surface area contributed by atoms with E-state index in [1.165, 1.54) is 18.2 Å². The van der Waals surface area contributed by atoms with Crippen molar-refractivity contribution in [3.05, 3.63) is 106 Å². The van der Waals surface area contributed by atoms with Gasteiger partial charge in [0.2, 0.25) is 11.8 Å². The third-order valence-electron chi connectivity index (χ3n) is 10.9. The quantitative estimate of drug-likeness (QED) is 0.118. The number of rotatable bonds is 11. The molecule has 1 saturated carbocycles. The molecule has 5 unspecified atom stereocenters. The standard InChI is InChI=1S/C40H40ClF3N6O4/c1-21-29-11-24(14-33(44)39(29)49-48-21)40(52)45-27-7-8-36-35(17-27)46-37(50(36)18-28-9-10-53-28)15-23-13-32(43)30(12-25(23)19-51)34-3-2-4-38(47-34)54-20-22-5-6-26(41)16-31(22)42/h2-8,12-13,16-17,21,24,28-29,33,39,48-49,51H,9-11,14-15,18-20H2,1H3,(H,45,52)/t21?,24?,28-,29?,33?,39?/m0/s1. The van der Waals surface area contributed by atoms with Crippen LogP contribution in [-0.4, -0.2) is 56.5 Å². The molecule has 0 bridgehead atoms. The molecule has 14 heteroatoms. The molecule has 5 aromatic rings. The van der Waals surface area contributed by atoms with E-state index >= 15 is 4.39 Å². The van der Waals surface area contributed by atoms with Crippen molar-refractivity contribution in [2.45, 2.75) is 76.7 Å². The number of aromatic nitrogens is 3. The Kier molecular flexibility index (Phi) is 10.3. The first-order chi connectivity index (χ1) is 26.1. The number of amides is 1. The first kappa shape index (κ1) is 36.4. The Morgan fingerprint density at radius 3 is 2.67 bits per heavy atom. The van der Waals surface area contributed by atoms with E-state index in [1.807, 2.05) is 23.6 Å². The van der Waals surface area contributed by atoms with Gasteiger partial charge in [-0.2, -0.15) is 0 Å². The van der Waals surface area contributed by atoms with Crippen LogP contribution in [0.25, 0.3) is 22.3 Å². The largest absolute Gasteiger partial charge is 0.473 e. The molecular formula is C40H40ClF3N6O4. The number of hydrazine groups is 1. The maximum atomic E-state index is 15.9. The minimum Gasteiger partial charge on any atom is -0.473 e. The Bertz CT molecular complexity index is 2200. The van der Waals surface area contributed by atoms with Gasteiger partial charge in [0.25, 0.3) is 0 Å². The summed E-state index contributed by atoms with van der Waals surface area (Å²) in [7, 11) is 0. The number of imidazole rings is 1. The van der Waals surface area contributed by atoms with Gasteiger partial charge in [-0.1, -0.05) is 23.7 Å². The minimum atomic E-state index is -1.12. The van der Waals surface area contributed by atoms with Crippen LogP contribution in [0.1, 0.15) is 48.7 Å². The van der Waals surface area contributed by atoms with Crippen molar-refractivity contribution in [2.75, 3.05) is 11.9 Å². The van der Waals surface area contributed by atoms with Crippen molar-refractivity contribution in [1.29, 1.82) is 0 Å². The molecule has 4 heterocycles. The highest BCUT2D eigenvalue weighted by Gasteiger charge is 2.46. The number of aliphatic hydroxyl groups is 1. The van der Waals surface area contributed by atoms with Crippen LogP contribution in [0, 0.1) is 23.5 Å². The zero-order chi connectivity index (χ0) is 37.5. The molecule has 8 rings (SSSR count). The molecule has 1 aliphatic carbocycles. The number of nitrogens with one attached hydrogen (secondary N) is 3. The van der Waals surface area contributed by atoms with Crippen molar-refractivity contribution in [3.63, 3.8) is 0 Å². The topological polar surface area (TPSA) is 123 Å². The van der Waals surface area contributed by atoms with Crippen LogP contribution < -0.4 is 20.9 Å². The third-order valence-corrected chi connectivity index (χ3v) is 11.1. The van der Waals surface area contributed by atoms with Crippen molar-refractivity contribution >= 4 is 34.2 Å². The number of aliphatic hydroxyl groups excluding tert-OH is 1. The highest BCUT2D eigenvalue weighted by molar-refractivity contribution is 6.30. The lowest BCUT2D eigenvalue weighted by Crippen LogP contribution is -2.46. The number of alkyl halides is 1. The summed E-state index contributed by atoms with van der Waals surface area (Å²) in [5, 5.41) is 13.7. The average molecular weight is 761 g/mol. The predicted molar refractivity (Wildman–Crippen MR) is 197 cm³/mol. The van der Waals surface area contributed by atoms with Crippen LogP contribution in [0.5, 0.6) is 5.88 Å². The smallest absolute Gasteiger partial charge is 0.227 e. The molecular weight excluding hydrogens is 721 g/mol. The highest BCUT2D eigenvalue weighted by atomic mass is 35.5. The van der Waals surface area contributed by atoms with E-state index in [0.29, 0.717) is 53.3 Å². The molecule has 2 saturated heterocycles. The van der Waals surface area contributed by atoms with Gasteiger partial charge in [0.05, 0.1) is 42.0 Å². The highest BCUT2D eigenvalue weighted by Crippen LogP contribution is 2.37. The van der Waals surface area contributed by atoms with Gasteiger partial charge < -0.3 is 24.5 Å². The Morgan fingerprint density at radius 2 is 1.89 bits per heavy atom. The van der Waals surface area contributed by atoms with Gasteiger partial charge in [-0.05, 0) is 91.8 Å². The summed E-state index contributed by atoms with van der Waals surface area (Å²) in [4.78, 5) is 22.7. The maximum absolute atomic E-state index is 15.9. The second kappa shape index (κ2) is 15.3. The normalized spacial score (nSPS) is 23.6. The first-order valence-corrected chi connectivity index (χ1v) is 18.5. The molecule has 282 valence electrons. The monoisotopic (exact) mass is 760 g/mol. The molecule has 3 fully saturated rings. The summed E-state index contributed by atoms with van der Waals surface area (Å²) >= 11 is 5.85. The Labute approximate surface area is 315 Å². The Balaban J connectivity index is 1.03. The molecule has 0 spiro atoms. The Hall–Kier alpha value is -4.53. The number of nitrogens with zero attached hydrogens (tertiary/aromatic N) is 3. The number of halogens is 4. The van der Waals surface area contributed by atoms with E-state index in [0.717, 1.165) is 11.9 Å². The molecule has 6 atom stereocenters. The average Bonchev–Trinajstić information content (AvgIpc) is 3.68. The molecule has 2 aromatic heterocycles.